The summed E-state index contributed by atoms with van der Waals surface area (Å²) in [5, 5.41) is 14.7. The fourth-order valence-electron chi connectivity index (χ4n) is 5.52. The van der Waals surface area contributed by atoms with Crippen molar-refractivity contribution in [2.75, 3.05) is 7.05 Å². The van der Waals surface area contributed by atoms with Gasteiger partial charge in [-0.1, -0.05) is 81.6 Å². The number of carbonyl (C=O) groups is 1. The summed E-state index contributed by atoms with van der Waals surface area (Å²) in [4.78, 5) is 14.8. The first-order chi connectivity index (χ1) is 16.5. The monoisotopic (exact) mass is 482 g/mol. The second kappa shape index (κ2) is 12.4. The number of likely N-dealkylation sites (N-methyl/N-ethyl adjacent to an activating group) is 1. The smallest absolute Gasteiger partial charge is 0.142 e. The zero-order chi connectivity index (χ0) is 24.7. The molecule has 2 N–H and O–H groups in total. The molecule has 0 aromatic heterocycles. The van der Waals surface area contributed by atoms with E-state index in [1.165, 1.54) is 11.1 Å². The van der Waals surface area contributed by atoms with Gasteiger partial charge in [0.2, 0.25) is 0 Å². The van der Waals surface area contributed by atoms with Crippen molar-refractivity contribution >= 4 is 17.9 Å². The number of phenolic OH excluding ortho intramolecular Hbond substituents is 1. The lowest BCUT2D eigenvalue weighted by Crippen LogP contribution is -2.48. The molecule has 1 aliphatic rings. The fraction of sp³-hybridized carbons (Fsp3) is 0.483. The van der Waals surface area contributed by atoms with Crippen molar-refractivity contribution in [3.05, 3.63) is 76.0 Å². The molecule has 0 bridgehead atoms. The molecule has 0 aliphatic heterocycles. The van der Waals surface area contributed by atoms with Gasteiger partial charge in [0.1, 0.15) is 12.0 Å². The molecule has 1 aliphatic carbocycles. The highest BCUT2D eigenvalue weighted by Gasteiger charge is 2.35. The highest BCUT2D eigenvalue weighted by molar-refractivity contribution is 6.30. The van der Waals surface area contributed by atoms with Gasteiger partial charge < -0.3 is 20.1 Å². The first kappa shape index (κ1) is 26.3. The molecule has 5 heteroatoms. The van der Waals surface area contributed by atoms with Crippen LogP contribution in [-0.4, -0.2) is 35.4 Å². The van der Waals surface area contributed by atoms with Gasteiger partial charge in [0.25, 0.3) is 0 Å². The molecule has 2 atom stereocenters. The number of hydrogen-bond donors (Lipinski definition) is 2. The first-order valence-electron chi connectivity index (χ1n) is 12.6. The Hall–Kier alpha value is -2.30. The lowest BCUT2D eigenvalue weighted by atomic mass is 9.88. The predicted molar refractivity (Wildman–Crippen MR) is 141 cm³/mol. The zero-order valence-electron chi connectivity index (χ0n) is 20.9. The van der Waals surface area contributed by atoms with Crippen molar-refractivity contribution in [1.82, 2.24) is 10.2 Å². The molecule has 2 aromatic rings. The SMILES string of the molecule is CC/C=C(\C(NC)C1Cc2ccccc2C1)N(Cc1ccc(Cl)cc1O)C(C=O)C(CC)CC. The molecule has 2 unspecified atom stereocenters. The maximum atomic E-state index is 12.6. The molecular formula is C29H39ClN2O2. The minimum absolute atomic E-state index is 0.0959. The summed E-state index contributed by atoms with van der Waals surface area (Å²) < 4.78 is 0. The van der Waals surface area contributed by atoms with Crippen molar-refractivity contribution in [3.8, 4) is 5.75 Å². The van der Waals surface area contributed by atoms with Gasteiger partial charge in [-0.05, 0) is 61.4 Å². The average molecular weight is 483 g/mol. The lowest BCUT2D eigenvalue weighted by molar-refractivity contribution is -0.114. The van der Waals surface area contributed by atoms with Crippen LogP contribution in [0.5, 0.6) is 5.75 Å². The Morgan fingerprint density at radius 1 is 1.15 bits per heavy atom. The molecule has 34 heavy (non-hydrogen) atoms. The predicted octanol–water partition coefficient (Wildman–Crippen LogP) is 6.15. The van der Waals surface area contributed by atoms with Crippen LogP contribution in [0, 0.1) is 11.8 Å². The number of aromatic hydroxyl groups is 1. The van der Waals surface area contributed by atoms with E-state index in [0.717, 1.165) is 49.7 Å². The topological polar surface area (TPSA) is 52.6 Å². The molecule has 3 rings (SSSR count). The van der Waals surface area contributed by atoms with E-state index in [1.54, 1.807) is 12.1 Å². The molecule has 184 valence electrons. The Kier molecular flexibility index (Phi) is 9.61. The number of fused-ring (bicyclic) bond motifs is 1. The number of nitrogens with zero attached hydrogens (tertiary/aromatic N) is 1. The Balaban J connectivity index is 2.03. The van der Waals surface area contributed by atoms with E-state index >= 15 is 0 Å². The number of phenols is 1. The summed E-state index contributed by atoms with van der Waals surface area (Å²) in [5.41, 5.74) is 4.74. The van der Waals surface area contributed by atoms with E-state index in [4.69, 9.17) is 11.6 Å². The molecule has 0 fully saturated rings. The molecule has 0 saturated carbocycles. The number of allylic oxidation sites excluding steroid dienone is 1. The molecule has 0 saturated heterocycles. The van der Waals surface area contributed by atoms with Gasteiger partial charge in [-0.15, -0.1) is 0 Å². The van der Waals surface area contributed by atoms with Crippen molar-refractivity contribution in [1.29, 1.82) is 0 Å². The van der Waals surface area contributed by atoms with Crippen LogP contribution in [0.3, 0.4) is 0 Å². The normalized spacial score (nSPS) is 15.9. The molecule has 2 aromatic carbocycles. The van der Waals surface area contributed by atoms with Crippen molar-refractivity contribution in [2.45, 2.75) is 71.5 Å². The quantitative estimate of drug-likeness (QED) is 0.356. The van der Waals surface area contributed by atoms with E-state index in [2.05, 4.69) is 61.3 Å². The van der Waals surface area contributed by atoms with Gasteiger partial charge in [0.15, 0.2) is 0 Å². The van der Waals surface area contributed by atoms with Gasteiger partial charge in [-0.25, -0.2) is 0 Å². The number of nitrogens with one attached hydrogen (secondary N) is 1. The fourth-order valence-corrected chi connectivity index (χ4v) is 5.69. The third-order valence-electron chi connectivity index (χ3n) is 7.35. The average Bonchev–Trinajstić information content (AvgIpc) is 3.26. The zero-order valence-corrected chi connectivity index (χ0v) is 21.7. The minimum atomic E-state index is -0.275. The highest BCUT2D eigenvalue weighted by Crippen LogP contribution is 2.35. The standard InChI is InChI=1S/C29H39ClN2O2/c1-5-10-26(29(31-4)24-15-21-11-8-9-12-22(21)16-24)32(27(19-33)20(6-2)7-3)18-23-13-14-25(30)17-28(23)34/h8-14,17,19-20,24,27,29,31,34H,5-7,15-16,18H2,1-4H3/b26-10+. The molecule has 0 heterocycles. The Morgan fingerprint density at radius 3 is 2.29 bits per heavy atom. The van der Waals surface area contributed by atoms with Crippen LogP contribution < -0.4 is 5.32 Å². The largest absolute Gasteiger partial charge is 0.508 e. The number of hydrogen-bond acceptors (Lipinski definition) is 4. The highest BCUT2D eigenvalue weighted by atomic mass is 35.5. The van der Waals surface area contributed by atoms with E-state index < -0.39 is 0 Å². The van der Waals surface area contributed by atoms with Crippen LogP contribution in [0.4, 0.5) is 0 Å². The number of benzene rings is 2. The van der Waals surface area contributed by atoms with Gasteiger partial charge in [-0.2, -0.15) is 0 Å². The summed E-state index contributed by atoms with van der Waals surface area (Å²) in [5.74, 6) is 0.790. The van der Waals surface area contributed by atoms with E-state index in [0.29, 0.717) is 17.5 Å². The van der Waals surface area contributed by atoms with Crippen LogP contribution in [0.1, 0.15) is 56.7 Å². The number of aldehydes is 1. The maximum absolute atomic E-state index is 12.6. The third-order valence-corrected chi connectivity index (χ3v) is 7.58. The lowest BCUT2D eigenvalue weighted by Gasteiger charge is -2.41. The minimum Gasteiger partial charge on any atom is -0.508 e. The summed E-state index contributed by atoms with van der Waals surface area (Å²) in [7, 11) is 2.02. The van der Waals surface area contributed by atoms with Gasteiger partial charge in [-0.3, -0.25) is 0 Å². The van der Waals surface area contributed by atoms with Gasteiger partial charge in [0.05, 0.1) is 12.1 Å². The Labute approximate surface area is 210 Å². The summed E-state index contributed by atoms with van der Waals surface area (Å²) in [6.45, 7) is 6.89. The molecule has 0 radical (unpaired) electrons. The van der Waals surface area contributed by atoms with Crippen molar-refractivity contribution in [3.63, 3.8) is 0 Å². The van der Waals surface area contributed by atoms with Crippen LogP contribution in [-0.2, 0) is 24.2 Å². The second-order valence-electron chi connectivity index (χ2n) is 9.34. The summed E-state index contributed by atoms with van der Waals surface area (Å²) in [6, 6.07) is 13.7. The van der Waals surface area contributed by atoms with Crippen LogP contribution in [0.25, 0.3) is 0 Å². The van der Waals surface area contributed by atoms with Crippen LogP contribution in [0.15, 0.2) is 54.2 Å². The maximum Gasteiger partial charge on any atom is 0.142 e. The first-order valence-corrected chi connectivity index (χ1v) is 13.0. The summed E-state index contributed by atoms with van der Waals surface area (Å²) >= 11 is 6.10. The van der Waals surface area contributed by atoms with Crippen LogP contribution in [0.2, 0.25) is 5.02 Å². The number of carbonyl (C=O) groups excluding carboxylic acids is 1. The second-order valence-corrected chi connectivity index (χ2v) is 9.78. The van der Waals surface area contributed by atoms with E-state index in [1.807, 2.05) is 13.1 Å². The van der Waals surface area contributed by atoms with E-state index in [9.17, 15) is 9.90 Å². The van der Waals surface area contributed by atoms with Gasteiger partial charge >= 0.3 is 0 Å². The van der Waals surface area contributed by atoms with Crippen LogP contribution >= 0.6 is 11.6 Å². The molecular weight excluding hydrogens is 444 g/mol. The van der Waals surface area contributed by atoms with Crippen molar-refractivity contribution in [2.24, 2.45) is 11.8 Å². The molecule has 0 amide bonds. The number of halogens is 1. The Morgan fingerprint density at radius 2 is 1.79 bits per heavy atom. The van der Waals surface area contributed by atoms with E-state index in [-0.39, 0.29) is 23.8 Å². The molecule has 0 spiro atoms. The third kappa shape index (κ3) is 5.84. The molecule has 4 nitrogen and oxygen atoms in total. The van der Waals surface area contributed by atoms with Crippen molar-refractivity contribution < 1.29 is 9.90 Å². The van der Waals surface area contributed by atoms with Gasteiger partial charge in [0, 0.05) is 22.8 Å². The summed E-state index contributed by atoms with van der Waals surface area (Å²) in [6.07, 6.45) is 8.09. The number of rotatable bonds is 12. The Bertz CT molecular complexity index is 961.